The van der Waals surface area contributed by atoms with Crippen LogP contribution in [-0.4, -0.2) is 25.1 Å². The number of hydrogen-bond acceptors (Lipinski definition) is 2. The Labute approximate surface area is 81.4 Å². The Morgan fingerprint density at radius 1 is 1.23 bits per heavy atom. The molecular formula is C8H13F3OS. The summed E-state index contributed by atoms with van der Waals surface area (Å²) < 4.78 is 39.7. The van der Waals surface area contributed by atoms with Crippen molar-refractivity contribution in [1.82, 2.24) is 0 Å². The number of alkyl halides is 3. The molecule has 0 aliphatic heterocycles. The third-order valence-electron chi connectivity index (χ3n) is 1.24. The maximum absolute atomic E-state index is 11.6. The summed E-state index contributed by atoms with van der Waals surface area (Å²) >= 11 is 3.91. The molecule has 0 aromatic carbocycles. The molecule has 0 aliphatic rings. The second-order valence-electron chi connectivity index (χ2n) is 2.45. The van der Waals surface area contributed by atoms with Crippen LogP contribution in [0.25, 0.3) is 0 Å². The number of rotatable bonds is 6. The number of hydrogen-bond donors (Lipinski definition) is 1. The van der Waals surface area contributed by atoms with Gasteiger partial charge in [0.1, 0.15) is 0 Å². The molecule has 78 valence electrons. The van der Waals surface area contributed by atoms with Crippen LogP contribution >= 0.6 is 12.6 Å². The van der Waals surface area contributed by atoms with Gasteiger partial charge >= 0.3 is 6.18 Å². The molecule has 13 heavy (non-hydrogen) atoms. The minimum atomic E-state index is -4.07. The summed E-state index contributed by atoms with van der Waals surface area (Å²) in [6.45, 7) is 0.509. The van der Waals surface area contributed by atoms with Crippen molar-refractivity contribution in [1.29, 1.82) is 0 Å². The van der Waals surface area contributed by atoms with E-state index < -0.39 is 12.6 Å². The fourth-order valence-corrected chi connectivity index (χ4v) is 0.818. The molecular weight excluding hydrogens is 201 g/mol. The first kappa shape index (κ1) is 12.8. The highest BCUT2D eigenvalue weighted by Gasteiger charge is 2.25. The van der Waals surface area contributed by atoms with E-state index in [0.717, 1.165) is 0 Å². The van der Waals surface area contributed by atoms with Crippen molar-refractivity contribution in [3.63, 3.8) is 0 Å². The molecule has 0 N–H and O–H groups in total. The molecule has 0 fully saturated rings. The highest BCUT2D eigenvalue weighted by molar-refractivity contribution is 7.80. The van der Waals surface area contributed by atoms with E-state index in [0.29, 0.717) is 12.4 Å². The molecule has 0 spiro atoms. The molecule has 0 aromatic rings. The van der Waals surface area contributed by atoms with Crippen molar-refractivity contribution >= 4 is 12.6 Å². The van der Waals surface area contributed by atoms with E-state index in [1.54, 1.807) is 12.2 Å². The summed E-state index contributed by atoms with van der Waals surface area (Å²) in [7, 11) is 0. The predicted molar refractivity (Wildman–Crippen MR) is 49.1 cm³/mol. The van der Waals surface area contributed by atoms with E-state index in [1.807, 2.05) is 0 Å². The third-order valence-corrected chi connectivity index (χ3v) is 1.45. The Morgan fingerprint density at radius 3 is 2.46 bits per heavy atom. The van der Waals surface area contributed by atoms with Gasteiger partial charge in [-0.3, -0.25) is 0 Å². The van der Waals surface area contributed by atoms with E-state index >= 15 is 0 Å². The number of thiol groups is 1. The SMILES string of the molecule is FC(F)(F)CCCOC/C=C/CS. The first-order valence-corrected chi connectivity index (χ1v) is 4.60. The fraction of sp³-hybridized carbons (Fsp3) is 0.750. The fourth-order valence-electron chi connectivity index (χ4n) is 0.669. The van der Waals surface area contributed by atoms with Gasteiger partial charge in [0, 0.05) is 18.8 Å². The summed E-state index contributed by atoms with van der Waals surface area (Å²) in [4.78, 5) is 0. The van der Waals surface area contributed by atoms with Crippen LogP contribution in [0.15, 0.2) is 12.2 Å². The molecule has 0 saturated heterocycles. The van der Waals surface area contributed by atoms with Crippen molar-refractivity contribution in [2.24, 2.45) is 0 Å². The largest absolute Gasteiger partial charge is 0.389 e. The molecule has 0 heterocycles. The van der Waals surface area contributed by atoms with Crippen LogP contribution in [0.2, 0.25) is 0 Å². The lowest BCUT2D eigenvalue weighted by molar-refractivity contribution is -0.137. The molecule has 0 aliphatic carbocycles. The Bertz CT molecular complexity index is 145. The van der Waals surface area contributed by atoms with E-state index in [1.165, 1.54) is 0 Å². The topological polar surface area (TPSA) is 9.23 Å². The smallest absolute Gasteiger partial charge is 0.377 e. The van der Waals surface area contributed by atoms with Gasteiger partial charge in [-0.1, -0.05) is 12.2 Å². The van der Waals surface area contributed by atoms with E-state index in [4.69, 9.17) is 4.74 Å². The van der Waals surface area contributed by atoms with Gasteiger partial charge in [-0.15, -0.1) is 0 Å². The van der Waals surface area contributed by atoms with Crippen molar-refractivity contribution in [2.45, 2.75) is 19.0 Å². The van der Waals surface area contributed by atoms with Crippen molar-refractivity contribution in [2.75, 3.05) is 19.0 Å². The first-order chi connectivity index (χ1) is 6.06. The standard InChI is InChI=1S/C8H13F3OS/c9-8(10,11)4-3-6-12-5-1-2-7-13/h1-2,13H,3-7H2/b2-1+. The number of halogens is 3. The molecule has 0 atom stereocenters. The molecule has 0 bridgehead atoms. The van der Waals surface area contributed by atoms with Crippen molar-refractivity contribution in [3.05, 3.63) is 12.2 Å². The summed E-state index contributed by atoms with van der Waals surface area (Å²) in [6, 6.07) is 0. The summed E-state index contributed by atoms with van der Waals surface area (Å²) in [6.07, 6.45) is -1.29. The number of ether oxygens (including phenoxy) is 1. The van der Waals surface area contributed by atoms with Gasteiger partial charge in [-0.05, 0) is 6.42 Å². The highest BCUT2D eigenvalue weighted by Crippen LogP contribution is 2.20. The van der Waals surface area contributed by atoms with Crippen LogP contribution in [-0.2, 0) is 4.74 Å². The van der Waals surface area contributed by atoms with Crippen LogP contribution in [0.3, 0.4) is 0 Å². The Balaban J connectivity index is 3.13. The van der Waals surface area contributed by atoms with Gasteiger partial charge in [-0.2, -0.15) is 25.8 Å². The quantitative estimate of drug-likeness (QED) is 0.406. The summed E-state index contributed by atoms with van der Waals surface area (Å²) in [5, 5.41) is 0. The van der Waals surface area contributed by atoms with Crippen LogP contribution < -0.4 is 0 Å². The zero-order valence-corrected chi connectivity index (χ0v) is 8.07. The Hall–Kier alpha value is -0.160. The minimum Gasteiger partial charge on any atom is -0.377 e. The molecule has 1 nitrogen and oxygen atoms in total. The van der Waals surface area contributed by atoms with Gasteiger partial charge in [-0.25, -0.2) is 0 Å². The van der Waals surface area contributed by atoms with Gasteiger partial charge in [0.2, 0.25) is 0 Å². The lowest BCUT2D eigenvalue weighted by Crippen LogP contribution is -2.08. The van der Waals surface area contributed by atoms with Crippen LogP contribution in [0.1, 0.15) is 12.8 Å². The van der Waals surface area contributed by atoms with Gasteiger partial charge < -0.3 is 4.74 Å². The lowest BCUT2D eigenvalue weighted by Gasteiger charge is -2.05. The van der Waals surface area contributed by atoms with Gasteiger partial charge in [0.15, 0.2) is 0 Å². The van der Waals surface area contributed by atoms with Crippen LogP contribution in [0.4, 0.5) is 13.2 Å². The average molecular weight is 214 g/mol. The van der Waals surface area contributed by atoms with E-state index in [9.17, 15) is 13.2 Å². The van der Waals surface area contributed by atoms with E-state index in [-0.39, 0.29) is 13.0 Å². The van der Waals surface area contributed by atoms with Crippen LogP contribution in [0.5, 0.6) is 0 Å². The van der Waals surface area contributed by atoms with Gasteiger partial charge in [0.25, 0.3) is 0 Å². The van der Waals surface area contributed by atoms with E-state index in [2.05, 4.69) is 12.6 Å². The van der Waals surface area contributed by atoms with Crippen molar-refractivity contribution < 1.29 is 17.9 Å². The van der Waals surface area contributed by atoms with Gasteiger partial charge in [0.05, 0.1) is 6.61 Å². The first-order valence-electron chi connectivity index (χ1n) is 3.96. The molecule has 5 heteroatoms. The second kappa shape index (κ2) is 7.26. The molecule has 0 saturated carbocycles. The third kappa shape index (κ3) is 11.8. The lowest BCUT2D eigenvalue weighted by atomic mass is 10.3. The Kier molecular flexibility index (Phi) is 7.17. The molecule has 0 amide bonds. The van der Waals surface area contributed by atoms with Crippen molar-refractivity contribution in [3.8, 4) is 0 Å². The summed E-state index contributed by atoms with van der Waals surface area (Å²) in [5.41, 5.74) is 0. The molecule has 0 aromatic heterocycles. The van der Waals surface area contributed by atoms with Crippen LogP contribution in [0, 0.1) is 0 Å². The maximum Gasteiger partial charge on any atom is 0.389 e. The predicted octanol–water partition coefficient (Wildman–Crippen LogP) is 2.83. The average Bonchev–Trinajstić information content (AvgIpc) is 2.01. The minimum absolute atomic E-state index is 0.0260. The zero-order chi connectivity index (χ0) is 10.2. The maximum atomic E-state index is 11.6. The monoisotopic (exact) mass is 214 g/mol. The second-order valence-corrected chi connectivity index (χ2v) is 2.81. The highest BCUT2D eigenvalue weighted by atomic mass is 32.1. The zero-order valence-electron chi connectivity index (χ0n) is 7.18. The molecule has 0 rings (SSSR count). The normalized spacial score (nSPS) is 12.6. The Morgan fingerprint density at radius 2 is 1.92 bits per heavy atom. The molecule has 0 radical (unpaired) electrons. The molecule has 0 unspecified atom stereocenters. The summed E-state index contributed by atoms with van der Waals surface area (Å²) in [5.74, 6) is 0.617.